The number of carbonyl (C=O) groups excluding carboxylic acids is 1. The van der Waals surface area contributed by atoms with Crippen LogP contribution in [0.4, 0.5) is 20.6 Å². The maximum absolute atomic E-state index is 14.5. The van der Waals surface area contributed by atoms with Crippen molar-refractivity contribution in [1.29, 1.82) is 0 Å². The van der Waals surface area contributed by atoms with Crippen molar-refractivity contribution < 1.29 is 22.3 Å². The molecule has 0 unspecified atom stereocenters. The van der Waals surface area contributed by atoms with Crippen molar-refractivity contribution in [1.82, 2.24) is 0 Å². The second-order valence-electron chi connectivity index (χ2n) is 6.77. The molecule has 9 heteroatoms. The lowest BCUT2D eigenvalue weighted by atomic mass is 10.2. The van der Waals surface area contributed by atoms with Crippen LogP contribution in [0.3, 0.4) is 0 Å². The molecule has 0 aliphatic carbocycles. The van der Waals surface area contributed by atoms with Crippen LogP contribution in [0, 0.1) is 5.82 Å². The van der Waals surface area contributed by atoms with Crippen LogP contribution >= 0.6 is 15.9 Å². The van der Waals surface area contributed by atoms with E-state index in [1.54, 1.807) is 36.4 Å². The molecule has 0 radical (unpaired) electrons. The van der Waals surface area contributed by atoms with Crippen molar-refractivity contribution in [3.05, 3.63) is 82.6 Å². The number of anilines is 2. The van der Waals surface area contributed by atoms with E-state index < -0.39 is 21.9 Å². The SMILES string of the molecule is CCOc1ccc(N2C(=O)N(Cc3ccc(Br)cc3F)c3ccccc3S2(=O)=O)cc1. The fourth-order valence-electron chi connectivity index (χ4n) is 3.38. The molecule has 0 fully saturated rings. The maximum Gasteiger partial charge on any atom is 0.343 e. The van der Waals surface area contributed by atoms with Crippen molar-refractivity contribution in [2.75, 3.05) is 15.8 Å². The maximum atomic E-state index is 14.5. The number of urea groups is 1. The molecule has 2 amide bonds. The van der Waals surface area contributed by atoms with E-state index in [4.69, 9.17) is 4.74 Å². The summed E-state index contributed by atoms with van der Waals surface area (Å²) in [5.41, 5.74) is 0.638. The standard InChI is InChI=1S/C22H18BrFN2O4S/c1-2-30-18-11-9-17(10-12-18)26-22(27)25(14-15-7-8-16(23)13-19(15)24)20-5-3-4-6-21(20)31(26,28)29/h3-13H,2,14H2,1H3. The van der Waals surface area contributed by atoms with E-state index in [1.807, 2.05) is 6.92 Å². The lowest BCUT2D eigenvalue weighted by molar-refractivity contribution is 0.253. The van der Waals surface area contributed by atoms with Gasteiger partial charge in [0, 0.05) is 10.0 Å². The van der Waals surface area contributed by atoms with Gasteiger partial charge in [0.05, 0.1) is 24.5 Å². The Kier molecular flexibility index (Phi) is 5.72. The second kappa shape index (κ2) is 8.32. The first-order valence-electron chi connectivity index (χ1n) is 9.45. The van der Waals surface area contributed by atoms with E-state index >= 15 is 0 Å². The number of hydrogen-bond acceptors (Lipinski definition) is 4. The third-order valence-corrected chi connectivity index (χ3v) is 7.05. The number of sulfonamides is 1. The number of carbonyl (C=O) groups is 1. The minimum atomic E-state index is -4.15. The smallest absolute Gasteiger partial charge is 0.343 e. The molecule has 0 N–H and O–H groups in total. The highest BCUT2D eigenvalue weighted by Gasteiger charge is 2.42. The zero-order chi connectivity index (χ0) is 22.2. The summed E-state index contributed by atoms with van der Waals surface area (Å²) in [5, 5.41) is 0. The molecule has 3 aromatic carbocycles. The second-order valence-corrected chi connectivity index (χ2v) is 9.44. The first kappa shape index (κ1) is 21.3. The predicted molar refractivity (Wildman–Crippen MR) is 119 cm³/mol. The number of benzene rings is 3. The van der Waals surface area contributed by atoms with Crippen LogP contribution in [-0.2, 0) is 16.6 Å². The Bertz CT molecular complexity index is 1250. The van der Waals surface area contributed by atoms with Gasteiger partial charge in [0.15, 0.2) is 0 Å². The van der Waals surface area contributed by atoms with Gasteiger partial charge >= 0.3 is 6.03 Å². The van der Waals surface area contributed by atoms with E-state index in [-0.39, 0.29) is 28.4 Å². The van der Waals surface area contributed by atoms with Gasteiger partial charge in [0.25, 0.3) is 10.0 Å². The van der Waals surface area contributed by atoms with Crippen molar-refractivity contribution in [2.45, 2.75) is 18.4 Å². The molecule has 0 spiro atoms. The molecular weight excluding hydrogens is 487 g/mol. The summed E-state index contributed by atoms with van der Waals surface area (Å²) in [7, 11) is -4.15. The molecule has 3 aromatic rings. The van der Waals surface area contributed by atoms with Gasteiger partial charge in [-0.1, -0.05) is 34.1 Å². The Morgan fingerprint density at radius 1 is 1.03 bits per heavy atom. The van der Waals surface area contributed by atoms with Gasteiger partial charge in [-0.15, -0.1) is 0 Å². The monoisotopic (exact) mass is 504 g/mol. The number of nitrogens with zero attached hydrogens (tertiary/aromatic N) is 2. The van der Waals surface area contributed by atoms with Gasteiger partial charge < -0.3 is 4.74 Å². The molecule has 31 heavy (non-hydrogen) atoms. The third kappa shape index (κ3) is 3.90. The molecule has 1 aliphatic heterocycles. The molecule has 1 heterocycles. The lowest BCUT2D eigenvalue weighted by Gasteiger charge is -2.36. The Morgan fingerprint density at radius 3 is 2.42 bits per heavy atom. The quantitative estimate of drug-likeness (QED) is 0.471. The van der Waals surface area contributed by atoms with Crippen LogP contribution in [0.5, 0.6) is 5.75 Å². The van der Waals surface area contributed by atoms with E-state index in [0.29, 0.717) is 16.8 Å². The lowest BCUT2D eigenvalue weighted by Crippen LogP contribution is -2.50. The first-order valence-corrected chi connectivity index (χ1v) is 11.7. The van der Waals surface area contributed by atoms with E-state index in [2.05, 4.69) is 15.9 Å². The number of halogens is 2. The van der Waals surface area contributed by atoms with Gasteiger partial charge in [-0.2, -0.15) is 4.31 Å². The van der Waals surface area contributed by atoms with Crippen LogP contribution in [0.15, 0.2) is 76.1 Å². The number of para-hydroxylation sites is 1. The Labute approximate surface area is 188 Å². The molecule has 1 aliphatic rings. The van der Waals surface area contributed by atoms with Gasteiger partial charge in [0.2, 0.25) is 0 Å². The average Bonchev–Trinajstić information content (AvgIpc) is 2.74. The number of hydrogen-bond donors (Lipinski definition) is 0. The predicted octanol–water partition coefficient (Wildman–Crippen LogP) is 5.32. The van der Waals surface area contributed by atoms with Crippen molar-refractivity contribution >= 4 is 43.4 Å². The highest BCUT2D eigenvalue weighted by Crippen LogP contribution is 2.38. The van der Waals surface area contributed by atoms with Gasteiger partial charge in [-0.05, 0) is 55.5 Å². The Morgan fingerprint density at radius 2 is 1.74 bits per heavy atom. The zero-order valence-corrected chi connectivity index (χ0v) is 18.9. The summed E-state index contributed by atoms with van der Waals surface area (Å²) in [6.07, 6.45) is 0. The molecule has 0 atom stereocenters. The van der Waals surface area contributed by atoms with Crippen LogP contribution in [-0.4, -0.2) is 21.1 Å². The number of fused-ring (bicyclic) bond motifs is 1. The molecule has 4 rings (SSSR count). The van der Waals surface area contributed by atoms with Gasteiger partial charge in [0.1, 0.15) is 16.5 Å². The summed E-state index contributed by atoms with van der Waals surface area (Å²) in [4.78, 5) is 14.6. The van der Waals surface area contributed by atoms with Crippen molar-refractivity contribution in [2.24, 2.45) is 0 Å². The minimum absolute atomic E-state index is 0.0268. The van der Waals surface area contributed by atoms with Crippen molar-refractivity contribution in [3.63, 3.8) is 0 Å². The summed E-state index contributed by atoms with van der Waals surface area (Å²) >= 11 is 3.21. The summed E-state index contributed by atoms with van der Waals surface area (Å²) in [5.74, 6) is 0.0583. The fraction of sp³-hybridized carbons (Fsp3) is 0.136. The molecular formula is C22H18BrFN2O4S. The first-order chi connectivity index (χ1) is 14.8. The highest BCUT2D eigenvalue weighted by atomic mass is 79.9. The zero-order valence-electron chi connectivity index (χ0n) is 16.5. The van der Waals surface area contributed by atoms with E-state index in [0.717, 1.165) is 4.31 Å². The minimum Gasteiger partial charge on any atom is -0.494 e. The van der Waals surface area contributed by atoms with E-state index in [9.17, 15) is 17.6 Å². The largest absolute Gasteiger partial charge is 0.494 e. The van der Waals surface area contributed by atoms with Crippen LogP contribution < -0.4 is 13.9 Å². The molecule has 0 aromatic heterocycles. The Hall–Kier alpha value is -2.91. The molecule has 6 nitrogen and oxygen atoms in total. The summed E-state index contributed by atoms with van der Waals surface area (Å²) < 4.78 is 47.8. The Balaban J connectivity index is 1.81. The normalized spacial score (nSPS) is 15.0. The number of amides is 2. The third-order valence-electron chi connectivity index (χ3n) is 4.80. The molecule has 0 bridgehead atoms. The van der Waals surface area contributed by atoms with Gasteiger partial charge in [-0.3, -0.25) is 4.90 Å². The topological polar surface area (TPSA) is 66.9 Å². The highest BCUT2D eigenvalue weighted by molar-refractivity contribution is 9.10. The van der Waals surface area contributed by atoms with E-state index in [1.165, 1.54) is 35.2 Å². The summed E-state index contributed by atoms with van der Waals surface area (Å²) in [6, 6.07) is 16.1. The van der Waals surface area contributed by atoms with Crippen LogP contribution in [0.2, 0.25) is 0 Å². The molecule has 0 saturated heterocycles. The van der Waals surface area contributed by atoms with Gasteiger partial charge in [-0.25, -0.2) is 17.6 Å². The number of rotatable bonds is 5. The fourth-order valence-corrected chi connectivity index (χ4v) is 5.31. The summed E-state index contributed by atoms with van der Waals surface area (Å²) in [6.45, 7) is 2.17. The average molecular weight is 505 g/mol. The van der Waals surface area contributed by atoms with Crippen molar-refractivity contribution in [3.8, 4) is 5.75 Å². The number of ether oxygens (including phenoxy) is 1. The van der Waals surface area contributed by atoms with Crippen LogP contribution in [0.25, 0.3) is 0 Å². The molecule has 0 saturated carbocycles. The molecule has 160 valence electrons. The van der Waals surface area contributed by atoms with Crippen LogP contribution in [0.1, 0.15) is 12.5 Å².